The summed E-state index contributed by atoms with van der Waals surface area (Å²) in [6.07, 6.45) is 0.965. The fourth-order valence-corrected chi connectivity index (χ4v) is 2.05. The average Bonchev–Trinajstić information content (AvgIpc) is 2.90. The maximum absolute atomic E-state index is 13.5. The molecule has 0 atom stereocenters. The summed E-state index contributed by atoms with van der Waals surface area (Å²) in [5.41, 5.74) is 1.41. The van der Waals surface area contributed by atoms with Crippen LogP contribution in [0.25, 0.3) is 11.3 Å². The van der Waals surface area contributed by atoms with Crippen molar-refractivity contribution in [1.82, 2.24) is 5.32 Å². The quantitative estimate of drug-likeness (QED) is 0.786. The molecule has 1 N–H and O–H groups in total. The average molecular weight is 277 g/mol. The van der Waals surface area contributed by atoms with E-state index in [2.05, 4.69) is 5.32 Å². The molecular formula is C16H20FNO2. The van der Waals surface area contributed by atoms with Crippen molar-refractivity contribution in [1.29, 1.82) is 0 Å². The normalized spacial score (nSPS) is 10.9. The molecule has 0 fully saturated rings. The number of furan rings is 1. The summed E-state index contributed by atoms with van der Waals surface area (Å²) in [5, 5.41) is 3.28. The van der Waals surface area contributed by atoms with Gasteiger partial charge in [-0.1, -0.05) is 12.1 Å². The second-order valence-electron chi connectivity index (χ2n) is 4.70. The topological polar surface area (TPSA) is 34.4 Å². The molecule has 4 heteroatoms. The van der Waals surface area contributed by atoms with Crippen molar-refractivity contribution in [2.75, 3.05) is 20.3 Å². The zero-order valence-electron chi connectivity index (χ0n) is 11.9. The predicted octanol–water partition coefficient (Wildman–Crippen LogP) is 3.52. The van der Waals surface area contributed by atoms with Gasteiger partial charge in [-0.2, -0.15) is 0 Å². The molecule has 0 radical (unpaired) electrons. The van der Waals surface area contributed by atoms with Gasteiger partial charge in [-0.25, -0.2) is 4.39 Å². The van der Waals surface area contributed by atoms with Crippen molar-refractivity contribution in [2.24, 2.45) is 0 Å². The lowest BCUT2D eigenvalue weighted by atomic mass is 10.1. The number of methoxy groups -OCH3 is 1. The van der Waals surface area contributed by atoms with Crippen LogP contribution < -0.4 is 5.32 Å². The Kier molecular flexibility index (Phi) is 5.32. The third kappa shape index (κ3) is 3.68. The maximum atomic E-state index is 13.5. The Morgan fingerprint density at radius 3 is 2.90 bits per heavy atom. The van der Waals surface area contributed by atoms with Crippen LogP contribution in [-0.2, 0) is 11.3 Å². The molecule has 1 aromatic carbocycles. The number of ether oxygens (including phenoxy) is 1. The molecule has 1 aromatic heterocycles. The number of halogens is 1. The zero-order chi connectivity index (χ0) is 14.4. The molecular weight excluding hydrogens is 257 g/mol. The molecule has 0 bridgehead atoms. The molecule has 1 heterocycles. The highest BCUT2D eigenvalue weighted by Gasteiger charge is 2.09. The largest absolute Gasteiger partial charge is 0.460 e. The zero-order valence-corrected chi connectivity index (χ0v) is 11.9. The van der Waals surface area contributed by atoms with E-state index in [9.17, 15) is 4.39 Å². The van der Waals surface area contributed by atoms with E-state index in [4.69, 9.17) is 9.15 Å². The predicted molar refractivity (Wildman–Crippen MR) is 77.0 cm³/mol. The van der Waals surface area contributed by atoms with Gasteiger partial charge < -0.3 is 14.5 Å². The maximum Gasteiger partial charge on any atom is 0.134 e. The van der Waals surface area contributed by atoms with Crippen LogP contribution in [0.5, 0.6) is 0 Å². The number of benzene rings is 1. The number of rotatable bonds is 7. The lowest BCUT2D eigenvalue weighted by Crippen LogP contribution is -2.15. The van der Waals surface area contributed by atoms with Gasteiger partial charge in [-0.05, 0) is 43.7 Å². The Bertz CT molecular complexity index is 551. The van der Waals surface area contributed by atoms with Crippen molar-refractivity contribution >= 4 is 0 Å². The van der Waals surface area contributed by atoms with Crippen LogP contribution >= 0.6 is 0 Å². The van der Waals surface area contributed by atoms with E-state index >= 15 is 0 Å². The van der Waals surface area contributed by atoms with Gasteiger partial charge >= 0.3 is 0 Å². The summed E-state index contributed by atoms with van der Waals surface area (Å²) in [4.78, 5) is 0. The Morgan fingerprint density at radius 1 is 1.25 bits per heavy atom. The Labute approximate surface area is 118 Å². The Balaban J connectivity index is 1.97. The van der Waals surface area contributed by atoms with Gasteiger partial charge in [0.2, 0.25) is 0 Å². The van der Waals surface area contributed by atoms with Crippen LogP contribution in [-0.4, -0.2) is 20.3 Å². The first-order valence-electron chi connectivity index (χ1n) is 6.76. The molecule has 0 aliphatic heterocycles. The molecule has 2 rings (SSSR count). The van der Waals surface area contributed by atoms with Gasteiger partial charge in [0.25, 0.3) is 0 Å². The lowest BCUT2D eigenvalue weighted by molar-refractivity contribution is 0.194. The van der Waals surface area contributed by atoms with Gasteiger partial charge in [0, 0.05) is 19.3 Å². The molecule has 2 aromatic rings. The van der Waals surface area contributed by atoms with E-state index in [1.807, 2.05) is 18.2 Å². The van der Waals surface area contributed by atoms with Gasteiger partial charge in [-0.15, -0.1) is 0 Å². The summed E-state index contributed by atoms with van der Waals surface area (Å²) in [6.45, 7) is 4.05. The minimum absolute atomic E-state index is 0.210. The lowest BCUT2D eigenvalue weighted by Gasteiger charge is -2.04. The summed E-state index contributed by atoms with van der Waals surface area (Å²) in [7, 11) is 1.69. The number of hydrogen-bond acceptors (Lipinski definition) is 3. The van der Waals surface area contributed by atoms with Crippen molar-refractivity contribution in [3.05, 3.63) is 47.5 Å². The van der Waals surface area contributed by atoms with Crippen molar-refractivity contribution in [2.45, 2.75) is 19.9 Å². The van der Waals surface area contributed by atoms with Gasteiger partial charge in [0.1, 0.15) is 17.3 Å². The smallest absolute Gasteiger partial charge is 0.134 e. The molecule has 0 spiro atoms. The monoisotopic (exact) mass is 277 g/mol. The minimum atomic E-state index is -0.210. The summed E-state index contributed by atoms with van der Waals surface area (Å²) >= 11 is 0. The van der Waals surface area contributed by atoms with Crippen LogP contribution in [0.15, 0.2) is 34.7 Å². The van der Waals surface area contributed by atoms with E-state index in [0.717, 1.165) is 30.9 Å². The summed E-state index contributed by atoms with van der Waals surface area (Å²) < 4.78 is 24.3. The number of hydrogen-bond donors (Lipinski definition) is 1. The summed E-state index contributed by atoms with van der Waals surface area (Å²) in [6, 6.07) is 8.83. The molecule has 0 saturated heterocycles. The third-order valence-corrected chi connectivity index (χ3v) is 3.20. The molecule has 20 heavy (non-hydrogen) atoms. The van der Waals surface area contributed by atoms with Crippen LogP contribution in [0.4, 0.5) is 4.39 Å². The Hall–Kier alpha value is -1.65. The first-order chi connectivity index (χ1) is 9.72. The van der Waals surface area contributed by atoms with Gasteiger partial charge in [0.15, 0.2) is 0 Å². The van der Waals surface area contributed by atoms with Crippen LogP contribution in [0, 0.1) is 12.7 Å². The van der Waals surface area contributed by atoms with E-state index in [-0.39, 0.29) is 5.82 Å². The second kappa shape index (κ2) is 7.22. The van der Waals surface area contributed by atoms with Crippen LogP contribution in [0.2, 0.25) is 0 Å². The highest BCUT2D eigenvalue weighted by Crippen LogP contribution is 2.26. The standard InChI is InChI=1S/C16H20FNO2/c1-12-14(5-3-6-15(12)17)16-8-7-13(20-16)11-18-9-4-10-19-2/h3,5-8,18H,4,9-11H2,1-2H3. The molecule has 3 nitrogen and oxygen atoms in total. The van der Waals surface area contributed by atoms with E-state index in [1.165, 1.54) is 6.07 Å². The van der Waals surface area contributed by atoms with Gasteiger partial charge in [0.05, 0.1) is 6.54 Å². The first-order valence-corrected chi connectivity index (χ1v) is 6.76. The molecule has 0 unspecified atom stereocenters. The SMILES string of the molecule is COCCCNCc1ccc(-c2cccc(F)c2C)o1. The van der Waals surface area contributed by atoms with E-state index < -0.39 is 0 Å². The molecule has 0 amide bonds. The highest BCUT2D eigenvalue weighted by molar-refractivity contribution is 5.62. The first kappa shape index (κ1) is 14.8. The molecule has 0 saturated carbocycles. The molecule has 0 aliphatic carbocycles. The minimum Gasteiger partial charge on any atom is -0.460 e. The van der Waals surface area contributed by atoms with Crippen molar-refractivity contribution in [3.63, 3.8) is 0 Å². The third-order valence-electron chi connectivity index (χ3n) is 3.20. The van der Waals surface area contributed by atoms with E-state index in [1.54, 1.807) is 20.1 Å². The molecule has 0 aliphatic rings. The van der Waals surface area contributed by atoms with Crippen LogP contribution in [0.3, 0.4) is 0 Å². The fourth-order valence-electron chi connectivity index (χ4n) is 2.05. The van der Waals surface area contributed by atoms with Crippen molar-refractivity contribution < 1.29 is 13.5 Å². The van der Waals surface area contributed by atoms with Crippen molar-refractivity contribution in [3.8, 4) is 11.3 Å². The Morgan fingerprint density at radius 2 is 2.10 bits per heavy atom. The second-order valence-corrected chi connectivity index (χ2v) is 4.70. The molecule has 108 valence electrons. The summed E-state index contributed by atoms with van der Waals surface area (Å²) in [5.74, 6) is 1.34. The van der Waals surface area contributed by atoms with Crippen LogP contribution in [0.1, 0.15) is 17.7 Å². The highest BCUT2D eigenvalue weighted by atomic mass is 19.1. The van der Waals surface area contributed by atoms with Gasteiger partial charge in [-0.3, -0.25) is 0 Å². The number of nitrogens with one attached hydrogen (secondary N) is 1. The fraction of sp³-hybridized carbons (Fsp3) is 0.375. The van der Waals surface area contributed by atoms with E-state index in [0.29, 0.717) is 17.9 Å².